The minimum Gasteiger partial charge on any atom is -0.481 e. The number of rotatable bonds is 7. The third-order valence-corrected chi connectivity index (χ3v) is 3.59. The highest BCUT2D eigenvalue weighted by atomic mass is 16.6. The summed E-state index contributed by atoms with van der Waals surface area (Å²) in [5.74, 6) is -0.997. The van der Waals surface area contributed by atoms with Crippen molar-refractivity contribution < 1.29 is 14.8 Å². The molecule has 8 nitrogen and oxygen atoms in total. The van der Waals surface area contributed by atoms with Gasteiger partial charge in [-0.3, -0.25) is 14.9 Å². The zero-order valence-electron chi connectivity index (χ0n) is 11.8. The van der Waals surface area contributed by atoms with Crippen LogP contribution in [0.5, 0.6) is 0 Å². The largest absolute Gasteiger partial charge is 0.481 e. The first-order valence-corrected chi connectivity index (χ1v) is 6.42. The Labute approximate surface area is 121 Å². The Balaban J connectivity index is 3.06. The monoisotopic (exact) mass is 292 g/mol. The predicted octanol–water partition coefficient (Wildman–Crippen LogP) is 2.16. The molecule has 0 atom stereocenters. The summed E-state index contributed by atoms with van der Waals surface area (Å²) in [6.45, 7) is 3.52. The number of nitrogens with one attached hydrogen (secondary N) is 1. The molecule has 0 spiro atoms. The molecule has 2 N–H and O–H groups in total. The van der Waals surface area contributed by atoms with E-state index < -0.39 is 16.3 Å². The number of hydrogen-bond donors (Lipinski definition) is 2. The Hall–Kier alpha value is -2.69. The highest BCUT2D eigenvalue weighted by molar-refractivity contribution is 5.75. The lowest BCUT2D eigenvalue weighted by Crippen LogP contribution is -2.37. The van der Waals surface area contributed by atoms with Gasteiger partial charge in [-0.2, -0.15) is 5.26 Å². The number of anilines is 1. The maximum atomic E-state index is 11.4. The molecule has 0 aliphatic rings. The second-order valence-corrected chi connectivity index (χ2v) is 4.61. The fourth-order valence-electron chi connectivity index (χ4n) is 1.92. The van der Waals surface area contributed by atoms with Crippen molar-refractivity contribution in [1.82, 2.24) is 4.98 Å². The predicted molar refractivity (Wildman–Crippen MR) is 74.7 cm³/mol. The number of carboxylic acids is 1. The molecule has 0 unspecified atom stereocenters. The maximum absolute atomic E-state index is 11.4. The van der Waals surface area contributed by atoms with E-state index in [1.54, 1.807) is 19.9 Å². The average Bonchev–Trinajstić information content (AvgIpc) is 2.48. The molecule has 1 heterocycles. The van der Waals surface area contributed by atoms with Crippen LogP contribution >= 0.6 is 0 Å². The molecule has 0 bridgehead atoms. The molecule has 0 radical (unpaired) electrons. The first-order valence-electron chi connectivity index (χ1n) is 6.42. The number of aromatic nitrogens is 1. The molecule has 0 aliphatic carbocycles. The molecule has 1 aromatic rings. The Bertz CT molecular complexity index is 590. The summed E-state index contributed by atoms with van der Waals surface area (Å²) in [7, 11) is 0. The van der Waals surface area contributed by atoms with Crippen molar-refractivity contribution >= 4 is 17.5 Å². The average molecular weight is 292 g/mol. The van der Waals surface area contributed by atoms with Crippen LogP contribution in [0.3, 0.4) is 0 Å². The van der Waals surface area contributed by atoms with Crippen LogP contribution < -0.4 is 5.32 Å². The molecule has 0 fully saturated rings. The van der Waals surface area contributed by atoms with Gasteiger partial charge in [-0.1, -0.05) is 13.8 Å². The van der Waals surface area contributed by atoms with E-state index in [-0.39, 0.29) is 23.6 Å². The highest BCUT2D eigenvalue weighted by Crippen LogP contribution is 2.29. The summed E-state index contributed by atoms with van der Waals surface area (Å²) in [5.41, 5.74) is -1.29. The van der Waals surface area contributed by atoms with Gasteiger partial charge in [-0.05, 0) is 12.8 Å². The number of carboxylic acid groups (broad SMARTS) is 1. The molecule has 1 rings (SSSR count). The van der Waals surface area contributed by atoms with Crippen molar-refractivity contribution in [3.8, 4) is 6.07 Å². The minimum atomic E-state index is -1.01. The summed E-state index contributed by atoms with van der Waals surface area (Å²) in [5, 5.41) is 31.8. The van der Waals surface area contributed by atoms with Gasteiger partial charge in [0.1, 0.15) is 6.07 Å². The summed E-state index contributed by atoms with van der Waals surface area (Å²) in [4.78, 5) is 25.6. The molecule has 0 aromatic carbocycles. The molecule has 0 aliphatic heterocycles. The Morgan fingerprint density at radius 1 is 1.57 bits per heavy atom. The second kappa shape index (κ2) is 6.65. The van der Waals surface area contributed by atoms with Gasteiger partial charge in [0.15, 0.2) is 0 Å². The number of nitriles is 1. The van der Waals surface area contributed by atoms with E-state index in [2.05, 4.69) is 10.3 Å². The molecular formula is C13H16N4O4. The normalized spacial score (nSPS) is 10.7. The van der Waals surface area contributed by atoms with Crippen molar-refractivity contribution in [2.75, 3.05) is 11.9 Å². The highest BCUT2D eigenvalue weighted by Gasteiger charge is 2.35. The SMILES string of the molecule is CCC(CC)(CNc1ncc(C#N)cc1[N+](=O)[O-])C(=O)O. The summed E-state index contributed by atoms with van der Waals surface area (Å²) >= 11 is 0. The van der Waals surface area contributed by atoms with E-state index in [1.807, 2.05) is 0 Å². The lowest BCUT2D eigenvalue weighted by Gasteiger charge is -2.26. The zero-order chi connectivity index (χ0) is 16.0. The Kier molecular flexibility index (Phi) is 5.18. The first kappa shape index (κ1) is 16.4. The summed E-state index contributed by atoms with van der Waals surface area (Å²) in [6.07, 6.45) is 1.97. The summed E-state index contributed by atoms with van der Waals surface area (Å²) in [6, 6.07) is 2.88. The van der Waals surface area contributed by atoms with Crippen molar-refractivity contribution in [2.45, 2.75) is 26.7 Å². The topological polar surface area (TPSA) is 129 Å². The van der Waals surface area contributed by atoms with Gasteiger partial charge in [0.05, 0.1) is 15.9 Å². The number of aliphatic carboxylic acids is 1. The van der Waals surface area contributed by atoms with Crippen LogP contribution in [0.25, 0.3) is 0 Å². The van der Waals surface area contributed by atoms with Gasteiger partial charge in [0.2, 0.25) is 5.82 Å². The van der Waals surface area contributed by atoms with Crippen LogP contribution in [0.4, 0.5) is 11.5 Å². The Morgan fingerprint density at radius 2 is 2.19 bits per heavy atom. The van der Waals surface area contributed by atoms with E-state index in [0.29, 0.717) is 12.8 Å². The van der Waals surface area contributed by atoms with E-state index in [0.717, 1.165) is 6.07 Å². The molecule has 1 aromatic heterocycles. The lowest BCUT2D eigenvalue weighted by atomic mass is 9.82. The minimum absolute atomic E-state index is 0.0229. The third-order valence-electron chi connectivity index (χ3n) is 3.59. The van der Waals surface area contributed by atoms with Gasteiger partial charge in [0, 0.05) is 18.8 Å². The fourth-order valence-corrected chi connectivity index (χ4v) is 1.92. The van der Waals surface area contributed by atoms with Gasteiger partial charge in [-0.15, -0.1) is 0 Å². The second-order valence-electron chi connectivity index (χ2n) is 4.61. The van der Waals surface area contributed by atoms with Gasteiger partial charge >= 0.3 is 11.7 Å². The van der Waals surface area contributed by atoms with Crippen molar-refractivity contribution in [1.29, 1.82) is 5.26 Å². The molecule has 8 heteroatoms. The van der Waals surface area contributed by atoms with Crippen molar-refractivity contribution in [3.05, 3.63) is 27.9 Å². The summed E-state index contributed by atoms with van der Waals surface area (Å²) < 4.78 is 0. The molecule has 0 saturated heterocycles. The van der Waals surface area contributed by atoms with Crippen LogP contribution in [-0.4, -0.2) is 27.5 Å². The standard InChI is InChI=1S/C13H16N4O4/c1-3-13(4-2,12(18)19)8-16-11-10(17(20)21)5-9(6-14)7-15-11/h5,7H,3-4,8H2,1-2H3,(H,15,16)(H,18,19). The van der Waals surface area contributed by atoms with Crippen LogP contribution in [-0.2, 0) is 4.79 Å². The van der Waals surface area contributed by atoms with Gasteiger partial charge in [-0.25, -0.2) is 4.98 Å². The first-order chi connectivity index (χ1) is 9.90. The quantitative estimate of drug-likeness (QED) is 0.581. The van der Waals surface area contributed by atoms with E-state index in [9.17, 15) is 20.0 Å². The van der Waals surface area contributed by atoms with E-state index >= 15 is 0 Å². The number of carbonyl (C=O) groups is 1. The maximum Gasteiger partial charge on any atom is 0.312 e. The number of hydrogen-bond acceptors (Lipinski definition) is 6. The molecule has 21 heavy (non-hydrogen) atoms. The van der Waals surface area contributed by atoms with Gasteiger partial charge < -0.3 is 10.4 Å². The number of pyridine rings is 1. The molecule has 0 amide bonds. The number of nitro groups is 1. The molecular weight excluding hydrogens is 276 g/mol. The third kappa shape index (κ3) is 3.45. The van der Waals surface area contributed by atoms with Crippen molar-refractivity contribution in [3.63, 3.8) is 0 Å². The van der Waals surface area contributed by atoms with Crippen LogP contribution in [0.15, 0.2) is 12.3 Å². The Morgan fingerprint density at radius 3 is 2.62 bits per heavy atom. The number of nitrogens with zero attached hydrogens (tertiary/aromatic N) is 3. The lowest BCUT2D eigenvalue weighted by molar-refractivity contribution is -0.384. The smallest absolute Gasteiger partial charge is 0.312 e. The van der Waals surface area contributed by atoms with Crippen LogP contribution in [0, 0.1) is 26.9 Å². The fraction of sp³-hybridized carbons (Fsp3) is 0.462. The van der Waals surface area contributed by atoms with Gasteiger partial charge in [0.25, 0.3) is 0 Å². The van der Waals surface area contributed by atoms with E-state index in [1.165, 1.54) is 6.20 Å². The molecule has 112 valence electrons. The van der Waals surface area contributed by atoms with Crippen LogP contribution in [0.1, 0.15) is 32.3 Å². The zero-order valence-corrected chi connectivity index (χ0v) is 11.8. The van der Waals surface area contributed by atoms with Crippen molar-refractivity contribution in [2.24, 2.45) is 5.41 Å². The molecule has 0 saturated carbocycles. The van der Waals surface area contributed by atoms with Crippen LogP contribution in [0.2, 0.25) is 0 Å². The van der Waals surface area contributed by atoms with E-state index in [4.69, 9.17) is 5.26 Å².